The van der Waals surface area contributed by atoms with E-state index in [4.69, 9.17) is 17.3 Å². The normalized spacial score (nSPS) is 19.2. The third kappa shape index (κ3) is 1.98. The molecule has 2 N–H and O–H groups in total. The Labute approximate surface area is 102 Å². The SMILES string of the molecule is Cc1nn(C)c(Cl)c1CC1(CN)CCCC1. The van der Waals surface area contributed by atoms with Gasteiger partial charge in [-0.2, -0.15) is 5.10 Å². The Bertz CT molecular complexity index is 378. The van der Waals surface area contributed by atoms with Gasteiger partial charge in [0.2, 0.25) is 0 Å². The Balaban J connectivity index is 2.25. The largest absolute Gasteiger partial charge is 0.330 e. The number of nitrogens with two attached hydrogens (primary N) is 1. The maximum atomic E-state index is 6.27. The molecule has 4 heteroatoms. The van der Waals surface area contributed by atoms with Gasteiger partial charge in [0.15, 0.2) is 0 Å². The summed E-state index contributed by atoms with van der Waals surface area (Å²) in [5.41, 5.74) is 8.47. The maximum Gasteiger partial charge on any atom is 0.130 e. The van der Waals surface area contributed by atoms with E-state index in [-0.39, 0.29) is 5.41 Å². The lowest BCUT2D eigenvalue weighted by Crippen LogP contribution is -2.30. The highest BCUT2D eigenvalue weighted by Gasteiger charge is 2.34. The molecule has 1 aliphatic rings. The van der Waals surface area contributed by atoms with E-state index in [2.05, 4.69) is 5.10 Å². The Morgan fingerprint density at radius 2 is 2.06 bits per heavy atom. The van der Waals surface area contributed by atoms with Crippen LogP contribution < -0.4 is 5.73 Å². The van der Waals surface area contributed by atoms with Crippen LogP contribution in [0.4, 0.5) is 0 Å². The Morgan fingerprint density at radius 1 is 1.44 bits per heavy atom. The van der Waals surface area contributed by atoms with Crippen molar-refractivity contribution in [1.29, 1.82) is 0 Å². The van der Waals surface area contributed by atoms with Gasteiger partial charge in [-0.1, -0.05) is 24.4 Å². The third-order valence-corrected chi connectivity index (χ3v) is 4.39. The Kier molecular flexibility index (Phi) is 3.27. The molecular formula is C12H20ClN3. The van der Waals surface area contributed by atoms with Crippen molar-refractivity contribution in [3.8, 4) is 0 Å². The van der Waals surface area contributed by atoms with Gasteiger partial charge >= 0.3 is 0 Å². The van der Waals surface area contributed by atoms with Gasteiger partial charge in [0.25, 0.3) is 0 Å². The molecule has 1 aromatic heterocycles. The molecule has 0 bridgehead atoms. The summed E-state index contributed by atoms with van der Waals surface area (Å²) in [6.45, 7) is 2.79. The number of halogens is 1. The van der Waals surface area contributed by atoms with Crippen molar-refractivity contribution in [2.45, 2.75) is 39.0 Å². The highest BCUT2D eigenvalue weighted by Crippen LogP contribution is 2.41. The van der Waals surface area contributed by atoms with Gasteiger partial charge < -0.3 is 5.73 Å². The minimum Gasteiger partial charge on any atom is -0.330 e. The highest BCUT2D eigenvalue weighted by molar-refractivity contribution is 6.30. The van der Waals surface area contributed by atoms with Gasteiger partial charge in [-0.05, 0) is 38.1 Å². The van der Waals surface area contributed by atoms with Crippen LogP contribution in [0.3, 0.4) is 0 Å². The summed E-state index contributed by atoms with van der Waals surface area (Å²) in [4.78, 5) is 0. The molecule has 0 spiro atoms. The minimum atomic E-state index is 0.275. The molecule has 1 heterocycles. The topological polar surface area (TPSA) is 43.8 Å². The van der Waals surface area contributed by atoms with Crippen LogP contribution in [0, 0.1) is 12.3 Å². The average molecular weight is 242 g/mol. The quantitative estimate of drug-likeness (QED) is 0.884. The van der Waals surface area contributed by atoms with Crippen molar-refractivity contribution in [2.24, 2.45) is 18.2 Å². The van der Waals surface area contributed by atoms with E-state index < -0.39 is 0 Å². The smallest absolute Gasteiger partial charge is 0.130 e. The first-order chi connectivity index (χ1) is 7.58. The van der Waals surface area contributed by atoms with Gasteiger partial charge in [0.05, 0.1) is 5.69 Å². The molecule has 2 rings (SSSR count). The predicted molar refractivity (Wildman–Crippen MR) is 66.6 cm³/mol. The lowest BCUT2D eigenvalue weighted by atomic mass is 9.80. The molecule has 0 unspecified atom stereocenters. The van der Waals surface area contributed by atoms with Crippen LogP contribution in [0.2, 0.25) is 5.15 Å². The number of hydrogen-bond donors (Lipinski definition) is 1. The predicted octanol–water partition coefficient (Wildman–Crippen LogP) is 2.44. The van der Waals surface area contributed by atoms with Crippen LogP contribution in [0.5, 0.6) is 0 Å². The molecule has 0 aliphatic heterocycles. The Morgan fingerprint density at radius 3 is 2.50 bits per heavy atom. The van der Waals surface area contributed by atoms with Crippen molar-refractivity contribution in [3.63, 3.8) is 0 Å². The second-order valence-electron chi connectivity index (χ2n) is 5.07. The summed E-state index contributed by atoms with van der Waals surface area (Å²) in [6, 6.07) is 0. The third-order valence-electron chi connectivity index (χ3n) is 3.92. The van der Waals surface area contributed by atoms with Crippen molar-refractivity contribution in [3.05, 3.63) is 16.4 Å². The van der Waals surface area contributed by atoms with Crippen LogP contribution >= 0.6 is 11.6 Å². The Hall–Kier alpha value is -0.540. The van der Waals surface area contributed by atoms with Crippen LogP contribution in [0.15, 0.2) is 0 Å². The van der Waals surface area contributed by atoms with Crippen LogP contribution in [-0.4, -0.2) is 16.3 Å². The van der Waals surface area contributed by atoms with Crippen LogP contribution in [0.25, 0.3) is 0 Å². The molecule has 0 amide bonds. The van der Waals surface area contributed by atoms with Crippen molar-refractivity contribution >= 4 is 11.6 Å². The van der Waals surface area contributed by atoms with E-state index >= 15 is 0 Å². The second-order valence-corrected chi connectivity index (χ2v) is 5.42. The number of hydrogen-bond acceptors (Lipinski definition) is 2. The zero-order valence-corrected chi connectivity index (χ0v) is 10.8. The fraction of sp³-hybridized carbons (Fsp3) is 0.750. The van der Waals surface area contributed by atoms with E-state index in [1.807, 2.05) is 14.0 Å². The molecule has 0 aromatic carbocycles. The molecule has 90 valence electrons. The lowest BCUT2D eigenvalue weighted by Gasteiger charge is -2.27. The van der Waals surface area contributed by atoms with Gasteiger partial charge in [0, 0.05) is 12.6 Å². The van der Waals surface area contributed by atoms with E-state index in [1.54, 1.807) is 4.68 Å². The standard InChI is InChI=1S/C12H20ClN3/c1-9-10(11(13)16(2)15-9)7-12(8-14)5-3-4-6-12/h3-8,14H2,1-2H3. The molecule has 0 saturated heterocycles. The fourth-order valence-corrected chi connectivity index (χ4v) is 3.07. The average Bonchev–Trinajstić information content (AvgIpc) is 2.81. The molecule has 1 saturated carbocycles. The first-order valence-electron chi connectivity index (χ1n) is 5.96. The number of aryl methyl sites for hydroxylation is 2. The van der Waals surface area contributed by atoms with Gasteiger partial charge in [-0.25, -0.2) is 0 Å². The zero-order chi connectivity index (χ0) is 11.8. The molecule has 1 fully saturated rings. The molecule has 1 aromatic rings. The van der Waals surface area contributed by atoms with E-state index in [1.165, 1.54) is 31.2 Å². The minimum absolute atomic E-state index is 0.275. The first-order valence-corrected chi connectivity index (χ1v) is 6.34. The van der Waals surface area contributed by atoms with Gasteiger partial charge in [-0.3, -0.25) is 4.68 Å². The van der Waals surface area contributed by atoms with Crippen LogP contribution in [-0.2, 0) is 13.5 Å². The van der Waals surface area contributed by atoms with Crippen molar-refractivity contribution in [1.82, 2.24) is 9.78 Å². The molecular weight excluding hydrogens is 222 g/mol. The molecule has 3 nitrogen and oxygen atoms in total. The monoisotopic (exact) mass is 241 g/mol. The van der Waals surface area contributed by atoms with Crippen molar-refractivity contribution < 1.29 is 0 Å². The summed E-state index contributed by atoms with van der Waals surface area (Å²) in [7, 11) is 1.89. The van der Waals surface area contributed by atoms with E-state index in [0.717, 1.165) is 23.8 Å². The van der Waals surface area contributed by atoms with Gasteiger partial charge in [-0.15, -0.1) is 0 Å². The highest BCUT2D eigenvalue weighted by atomic mass is 35.5. The summed E-state index contributed by atoms with van der Waals surface area (Å²) < 4.78 is 1.76. The summed E-state index contributed by atoms with van der Waals surface area (Å²) >= 11 is 6.27. The number of nitrogens with zero attached hydrogens (tertiary/aromatic N) is 2. The van der Waals surface area contributed by atoms with Gasteiger partial charge in [0.1, 0.15) is 5.15 Å². The summed E-state index contributed by atoms with van der Waals surface area (Å²) in [5.74, 6) is 0. The first kappa shape index (κ1) is 11.9. The maximum absolute atomic E-state index is 6.27. The number of rotatable bonds is 3. The molecule has 16 heavy (non-hydrogen) atoms. The van der Waals surface area contributed by atoms with E-state index in [0.29, 0.717) is 0 Å². The van der Waals surface area contributed by atoms with Crippen molar-refractivity contribution in [2.75, 3.05) is 6.54 Å². The lowest BCUT2D eigenvalue weighted by molar-refractivity contribution is 0.306. The molecule has 1 aliphatic carbocycles. The zero-order valence-electron chi connectivity index (χ0n) is 10.1. The summed E-state index contributed by atoms with van der Waals surface area (Å²) in [6.07, 6.45) is 6.05. The number of aromatic nitrogens is 2. The van der Waals surface area contributed by atoms with E-state index in [9.17, 15) is 0 Å². The van der Waals surface area contributed by atoms with Crippen LogP contribution in [0.1, 0.15) is 36.9 Å². The molecule has 0 atom stereocenters. The second kappa shape index (κ2) is 4.38. The molecule has 0 radical (unpaired) electrons. The fourth-order valence-electron chi connectivity index (χ4n) is 2.83. The summed E-state index contributed by atoms with van der Waals surface area (Å²) in [5, 5.41) is 5.14.